The van der Waals surface area contributed by atoms with Crippen LogP contribution in [0.5, 0.6) is 0 Å². The molecule has 2 fully saturated rings. The number of rotatable bonds is 5. The van der Waals surface area contributed by atoms with Crippen molar-refractivity contribution in [3.05, 3.63) is 0 Å². The van der Waals surface area contributed by atoms with Gasteiger partial charge in [0.25, 0.3) is 0 Å². The van der Waals surface area contributed by atoms with E-state index in [-0.39, 0.29) is 17.8 Å². The van der Waals surface area contributed by atoms with Crippen LogP contribution in [0.3, 0.4) is 0 Å². The van der Waals surface area contributed by atoms with Crippen molar-refractivity contribution in [2.45, 2.75) is 71.6 Å². The third-order valence-electron chi connectivity index (χ3n) is 5.55. The predicted octanol–water partition coefficient (Wildman–Crippen LogP) is 4.46. The lowest BCUT2D eigenvalue weighted by atomic mass is 9.61. The fourth-order valence-electron chi connectivity index (χ4n) is 4.41. The SMILES string of the molecule is CCCN1CCC(C(=O)CC)(C2CCCCC2)CC1.Cl. The Morgan fingerprint density at radius 1 is 1.10 bits per heavy atom. The molecular weight excluding hydrogens is 270 g/mol. The van der Waals surface area contributed by atoms with Gasteiger partial charge >= 0.3 is 0 Å². The van der Waals surface area contributed by atoms with Gasteiger partial charge in [0, 0.05) is 11.8 Å². The highest BCUT2D eigenvalue weighted by molar-refractivity contribution is 5.85. The molecule has 1 saturated carbocycles. The van der Waals surface area contributed by atoms with E-state index in [1.165, 1.54) is 45.1 Å². The summed E-state index contributed by atoms with van der Waals surface area (Å²) < 4.78 is 0. The average molecular weight is 302 g/mol. The van der Waals surface area contributed by atoms with Crippen LogP contribution in [-0.2, 0) is 4.79 Å². The zero-order valence-corrected chi connectivity index (χ0v) is 14.1. The lowest BCUT2D eigenvalue weighted by Crippen LogP contribution is -2.49. The first-order valence-corrected chi connectivity index (χ1v) is 8.48. The van der Waals surface area contributed by atoms with Crippen molar-refractivity contribution in [1.29, 1.82) is 0 Å². The van der Waals surface area contributed by atoms with Crippen LogP contribution in [0.4, 0.5) is 0 Å². The van der Waals surface area contributed by atoms with Gasteiger partial charge in [0.1, 0.15) is 5.78 Å². The highest BCUT2D eigenvalue weighted by Gasteiger charge is 2.45. The molecule has 0 aromatic heterocycles. The first-order chi connectivity index (χ1) is 9.23. The Morgan fingerprint density at radius 2 is 1.70 bits per heavy atom. The quantitative estimate of drug-likeness (QED) is 0.747. The molecule has 2 nitrogen and oxygen atoms in total. The molecule has 0 bridgehead atoms. The number of piperidine rings is 1. The third kappa shape index (κ3) is 3.76. The standard InChI is InChI=1S/C17H31NO.ClH/c1-3-12-18-13-10-17(11-14-18,16(19)4-2)15-8-6-5-7-9-15;/h15H,3-14H2,1-2H3;1H. The second kappa shape index (κ2) is 8.38. The van der Waals surface area contributed by atoms with Gasteiger partial charge in [-0.2, -0.15) is 0 Å². The highest BCUT2D eigenvalue weighted by Crippen LogP contribution is 2.47. The summed E-state index contributed by atoms with van der Waals surface area (Å²) in [6.07, 6.45) is 10.9. The minimum atomic E-state index is 0. The van der Waals surface area contributed by atoms with E-state index in [0.717, 1.165) is 32.4 Å². The normalized spacial score (nSPS) is 24.1. The van der Waals surface area contributed by atoms with E-state index >= 15 is 0 Å². The van der Waals surface area contributed by atoms with Crippen LogP contribution in [0, 0.1) is 11.3 Å². The number of ketones is 1. The minimum absolute atomic E-state index is 0. The summed E-state index contributed by atoms with van der Waals surface area (Å²) in [6.45, 7) is 7.82. The second-order valence-electron chi connectivity index (χ2n) is 6.61. The summed E-state index contributed by atoms with van der Waals surface area (Å²) in [6, 6.07) is 0. The Labute approximate surface area is 131 Å². The van der Waals surface area contributed by atoms with Crippen LogP contribution in [-0.4, -0.2) is 30.3 Å². The Kier molecular flexibility index (Phi) is 7.53. The maximum atomic E-state index is 12.6. The maximum absolute atomic E-state index is 12.6. The second-order valence-corrected chi connectivity index (χ2v) is 6.61. The molecule has 1 aliphatic heterocycles. The van der Waals surface area contributed by atoms with Crippen LogP contribution >= 0.6 is 12.4 Å². The van der Waals surface area contributed by atoms with Gasteiger partial charge in [-0.15, -0.1) is 12.4 Å². The van der Waals surface area contributed by atoms with Crippen molar-refractivity contribution in [3.63, 3.8) is 0 Å². The number of hydrogen-bond acceptors (Lipinski definition) is 2. The molecule has 1 aliphatic carbocycles. The fourth-order valence-corrected chi connectivity index (χ4v) is 4.41. The summed E-state index contributed by atoms with van der Waals surface area (Å²) >= 11 is 0. The molecule has 0 aromatic carbocycles. The van der Waals surface area contributed by atoms with Crippen LogP contribution in [0.1, 0.15) is 71.6 Å². The smallest absolute Gasteiger partial charge is 0.139 e. The Bertz CT molecular complexity index is 291. The van der Waals surface area contributed by atoms with Crippen molar-refractivity contribution in [3.8, 4) is 0 Å². The fraction of sp³-hybridized carbons (Fsp3) is 0.941. The molecule has 2 aliphatic rings. The molecule has 118 valence electrons. The van der Waals surface area contributed by atoms with Crippen molar-refractivity contribution in [2.75, 3.05) is 19.6 Å². The van der Waals surface area contributed by atoms with Crippen LogP contribution in [0.15, 0.2) is 0 Å². The van der Waals surface area contributed by atoms with E-state index in [9.17, 15) is 4.79 Å². The molecule has 0 radical (unpaired) electrons. The molecule has 20 heavy (non-hydrogen) atoms. The topological polar surface area (TPSA) is 20.3 Å². The molecular formula is C17H32ClNO. The van der Waals surface area contributed by atoms with Gasteiger partial charge in [0.2, 0.25) is 0 Å². The number of likely N-dealkylation sites (tertiary alicyclic amines) is 1. The predicted molar refractivity (Wildman–Crippen MR) is 87.5 cm³/mol. The minimum Gasteiger partial charge on any atom is -0.303 e. The van der Waals surface area contributed by atoms with E-state index in [1.807, 2.05) is 0 Å². The molecule has 0 amide bonds. The van der Waals surface area contributed by atoms with E-state index in [0.29, 0.717) is 11.7 Å². The van der Waals surface area contributed by atoms with Crippen molar-refractivity contribution < 1.29 is 4.79 Å². The van der Waals surface area contributed by atoms with Crippen LogP contribution in [0.25, 0.3) is 0 Å². The van der Waals surface area contributed by atoms with Crippen molar-refractivity contribution in [2.24, 2.45) is 11.3 Å². The van der Waals surface area contributed by atoms with Gasteiger partial charge in [-0.1, -0.05) is 33.1 Å². The molecule has 3 heteroatoms. The number of halogens is 1. The summed E-state index contributed by atoms with van der Waals surface area (Å²) in [4.78, 5) is 15.2. The molecule has 0 N–H and O–H groups in total. The van der Waals surface area contributed by atoms with E-state index in [1.54, 1.807) is 0 Å². The number of Topliss-reactive ketones (excluding diaryl/α,β-unsaturated/α-hetero) is 1. The highest BCUT2D eigenvalue weighted by atomic mass is 35.5. The number of carbonyl (C=O) groups excluding carboxylic acids is 1. The van der Waals surface area contributed by atoms with Gasteiger partial charge in [-0.25, -0.2) is 0 Å². The zero-order valence-electron chi connectivity index (χ0n) is 13.3. The van der Waals surface area contributed by atoms with Crippen LogP contribution < -0.4 is 0 Å². The summed E-state index contributed by atoms with van der Waals surface area (Å²) in [7, 11) is 0. The summed E-state index contributed by atoms with van der Waals surface area (Å²) in [5, 5.41) is 0. The number of carbonyl (C=O) groups is 1. The largest absolute Gasteiger partial charge is 0.303 e. The van der Waals surface area contributed by atoms with E-state index in [4.69, 9.17) is 0 Å². The van der Waals surface area contributed by atoms with Gasteiger partial charge < -0.3 is 4.90 Å². The lowest BCUT2D eigenvalue weighted by Gasteiger charge is -2.47. The van der Waals surface area contributed by atoms with Gasteiger partial charge in [-0.3, -0.25) is 4.79 Å². The average Bonchev–Trinajstić information content (AvgIpc) is 2.48. The molecule has 2 rings (SSSR count). The van der Waals surface area contributed by atoms with Crippen molar-refractivity contribution in [1.82, 2.24) is 4.90 Å². The maximum Gasteiger partial charge on any atom is 0.139 e. The van der Waals surface area contributed by atoms with Gasteiger partial charge in [0.05, 0.1) is 0 Å². The van der Waals surface area contributed by atoms with Crippen LogP contribution in [0.2, 0.25) is 0 Å². The number of nitrogens with zero attached hydrogens (tertiary/aromatic N) is 1. The number of hydrogen-bond donors (Lipinski definition) is 0. The molecule has 1 saturated heterocycles. The van der Waals surface area contributed by atoms with E-state index in [2.05, 4.69) is 18.7 Å². The summed E-state index contributed by atoms with van der Waals surface area (Å²) in [5.74, 6) is 1.26. The molecule has 0 unspecified atom stereocenters. The summed E-state index contributed by atoms with van der Waals surface area (Å²) in [5.41, 5.74) is 0.0550. The lowest BCUT2D eigenvalue weighted by molar-refractivity contribution is -0.136. The Hall–Kier alpha value is -0.0800. The molecule has 0 atom stereocenters. The molecule has 1 heterocycles. The van der Waals surface area contributed by atoms with Crippen molar-refractivity contribution >= 4 is 18.2 Å². The first kappa shape index (κ1) is 18.0. The Balaban J connectivity index is 0.00000200. The molecule has 0 spiro atoms. The van der Waals surface area contributed by atoms with Gasteiger partial charge in [0.15, 0.2) is 0 Å². The zero-order chi connectivity index (χ0) is 13.7. The van der Waals surface area contributed by atoms with Gasteiger partial charge in [-0.05, 0) is 57.7 Å². The van der Waals surface area contributed by atoms with E-state index < -0.39 is 0 Å². The molecule has 0 aromatic rings. The monoisotopic (exact) mass is 301 g/mol. The first-order valence-electron chi connectivity index (χ1n) is 8.48. The third-order valence-corrected chi connectivity index (χ3v) is 5.55. The Morgan fingerprint density at radius 3 is 2.20 bits per heavy atom.